The van der Waals surface area contributed by atoms with Crippen LogP contribution >= 0.6 is 15.9 Å². The predicted molar refractivity (Wildman–Crippen MR) is 72.6 cm³/mol. The maximum Gasteiger partial charge on any atom is 0.133 e. The van der Waals surface area contributed by atoms with E-state index in [0.717, 1.165) is 15.8 Å². The summed E-state index contributed by atoms with van der Waals surface area (Å²) in [5.41, 5.74) is 8.10. The van der Waals surface area contributed by atoms with Gasteiger partial charge in [0.05, 0.1) is 11.6 Å². The Kier molecular flexibility index (Phi) is 5.03. The zero-order valence-electron chi connectivity index (χ0n) is 9.96. The Morgan fingerprint density at radius 3 is 2.62 bits per heavy atom. The van der Waals surface area contributed by atoms with E-state index in [1.807, 2.05) is 18.2 Å². The van der Waals surface area contributed by atoms with Crippen molar-refractivity contribution in [3.63, 3.8) is 0 Å². The molecule has 2 nitrogen and oxygen atoms in total. The van der Waals surface area contributed by atoms with Crippen molar-refractivity contribution in [2.24, 2.45) is 11.7 Å². The summed E-state index contributed by atoms with van der Waals surface area (Å²) in [6, 6.07) is 6.02. The first-order valence-corrected chi connectivity index (χ1v) is 6.11. The van der Waals surface area contributed by atoms with E-state index in [1.54, 1.807) is 7.11 Å². The lowest BCUT2D eigenvalue weighted by molar-refractivity contribution is 0.412. The summed E-state index contributed by atoms with van der Waals surface area (Å²) in [4.78, 5) is 0. The number of rotatable bonds is 4. The minimum atomic E-state index is 0.478. The fourth-order valence-corrected chi connectivity index (χ4v) is 2.01. The molecule has 0 heterocycles. The normalized spacial score (nSPS) is 12.0. The molecule has 88 valence electrons. The highest BCUT2D eigenvalue weighted by molar-refractivity contribution is 9.10. The van der Waals surface area contributed by atoms with Crippen molar-refractivity contribution in [2.75, 3.05) is 13.7 Å². The lowest BCUT2D eigenvalue weighted by Crippen LogP contribution is -2.08. The number of ether oxygens (including phenoxy) is 1. The molecule has 1 aromatic carbocycles. The minimum absolute atomic E-state index is 0.478. The molecule has 3 heteroatoms. The van der Waals surface area contributed by atoms with E-state index in [4.69, 9.17) is 10.5 Å². The standard InChI is InChI=1S/C13H18BrNO/c1-9(2)11(8-15)6-10-4-5-13(16-3)12(14)7-10/h4-7,9H,8,15H2,1-3H3. The lowest BCUT2D eigenvalue weighted by Gasteiger charge is -2.09. The Balaban J connectivity index is 3.01. The lowest BCUT2D eigenvalue weighted by atomic mass is 10.0. The summed E-state index contributed by atoms with van der Waals surface area (Å²) >= 11 is 3.47. The molecule has 0 aliphatic rings. The maximum atomic E-state index is 5.71. The van der Waals surface area contributed by atoms with Crippen LogP contribution in [0.3, 0.4) is 0 Å². The van der Waals surface area contributed by atoms with Crippen molar-refractivity contribution in [3.05, 3.63) is 33.8 Å². The smallest absolute Gasteiger partial charge is 0.133 e. The molecule has 0 unspecified atom stereocenters. The highest BCUT2D eigenvalue weighted by Crippen LogP contribution is 2.26. The second-order valence-electron chi connectivity index (χ2n) is 3.97. The zero-order chi connectivity index (χ0) is 12.1. The average Bonchev–Trinajstić information content (AvgIpc) is 2.25. The van der Waals surface area contributed by atoms with Crippen LogP contribution in [0.2, 0.25) is 0 Å². The van der Waals surface area contributed by atoms with E-state index in [9.17, 15) is 0 Å². The fourth-order valence-electron chi connectivity index (χ4n) is 1.45. The molecule has 0 atom stereocenters. The highest BCUT2D eigenvalue weighted by atomic mass is 79.9. The predicted octanol–water partition coefficient (Wildman–Crippen LogP) is 3.46. The van der Waals surface area contributed by atoms with E-state index >= 15 is 0 Å². The summed E-state index contributed by atoms with van der Waals surface area (Å²) in [5, 5.41) is 0. The quantitative estimate of drug-likeness (QED) is 0.919. The van der Waals surface area contributed by atoms with Gasteiger partial charge in [-0.05, 0) is 39.5 Å². The van der Waals surface area contributed by atoms with Gasteiger partial charge in [0, 0.05) is 6.54 Å². The van der Waals surface area contributed by atoms with Crippen LogP contribution in [0.15, 0.2) is 28.2 Å². The van der Waals surface area contributed by atoms with Gasteiger partial charge in [0.25, 0.3) is 0 Å². The van der Waals surface area contributed by atoms with Gasteiger partial charge in [0.1, 0.15) is 5.75 Å². The van der Waals surface area contributed by atoms with Gasteiger partial charge in [-0.15, -0.1) is 0 Å². The molecule has 0 saturated heterocycles. The maximum absolute atomic E-state index is 5.71. The molecule has 1 aromatic rings. The largest absolute Gasteiger partial charge is 0.496 e. The average molecular weight is 284 g/mol. The SMILES string of the molecule is COc1ccc(C=C(CN)C(C)C)cc1Br. The Labute approximate surface area is 106 Å². The van der Waals surface area contributed by atoms with Crippen molar-refractivity contribution in [3.8, 4) is 5.75 Å². The first kappa shape index (κ1) is 13.3. The Morgan fingerprint density at radius 2 is 2.19 bits per heavy atom. The molecule has 0 aliphatic heterocycles. The third kappa shape index (κ3) is 3.35. The number of hydrogen-bond acceptors (Lipinski definition) is 2. The van der Waals surface area contributed by atoms with Crippen molar-refractivity contribution in [1.82, 2.24) is 0 Å². The van der Waals surface area contributed by atoms with Crippen molar-refractivity contribution in [1.29, 1.82) is 0 Å². The van der Waals surface area contributed by atoms with Gasteiger partial charge in [0.15, 0.2) is 0 Å². The summed E-state index contributed by atoms with van der Waals surface area (Å²) in [5.74, 6) is 1.32. The summed E-state index contributed by atoms with van der Waals surface area (Å²) < 4.78 is 6.15. The van der Waals surface area contributed by atoms with Crippen LogP contribution in [-0.4, -0.2) is 13.7 Å². The molecule has 0 spiro atoms. The molecule has 0 fully saturated rings. The monoisotopic (exact) mass is 283 g/mol. The van der Waals surface area contributed by atoms with E-state index in [-0.39, 0.29) is 0 Å². The van der Waals surface area contributed by atoms with Crippen LogP contribution in [-0.2, 0) is 0 Å². The second-order valence-corrected chi connectivity index (χ2v) is 4.83. The molecule has 0 saturated carbocycles. The molecule has 0 bridgehead atoms. The van der Waals surface area contributed by atoms with Crippen LogP contribution < -0.4 is 10.5 Å². The number of methoxy groups -OCH3 is 1. The topological polar surface area (TPSA) is 35.2 Å². The number of halogens is 1. The van der Waals surface area contributed by atoms with Crippen LogP contribution in [0.1, 0.15) is 19.4 Å². The van der Waals surface area contributed by atoms with Gasteiger partial charge < -0.3 is 10.5 Å². The first-order valence-electron chi connectivity index (χ1n) is 5.32. The molecular formula is C13H18BrNO. The molecule has 0 aliphatic carbocycles. The Morgan fingerprint density at radius 1 is 1.50 bits per heavy atom. The zero-order valence-corrected chi connectivity index (χ0v) is 11.5. The molecule has 2 N–H and O–H groups in total. The molecule has 1 rings (SSSR count). The summed E-state index contributed by atoms with van der Waals surface area (Å²) in [6.45, 7) is 4.90. The van der Waals surface area contributed by atoms with Crippen molar-refractivity contribution >= 4 is 22.0 Å². The van der Waals surface area contributed by atoms with Gasteiger partial charge >= 0.3 is 0 Å². The van der Waals surface area contributed by atoms with E-state index in [2.05, 4.69) is 35.9 Å². The fraction of sp³-hybridized carbons (Fsp3) is 0.385. The Hall–Kier alpha value is -0.800. The third-order valence-corrected chi connectivity index (χ3v) is 3.12. The first-order chi connectivity index (χ1) is 7.58. The summed E-state index contributed by atoms with van der Waals surface area (Å²) in [6.07, 6.45) is 2.13. The van der Waals surface area contributed by atoms with Gasteiger partial charge in [-0.25, -0.2) is 0 Å². The number of benzene rings is 1. The molecular weight excluding hydrogens is 266 g/mol. The molecule has 0 amide bonds. The van der Waals surface area contributed by atoms with Crippen LogP contribution in [0.5, 0.6) is 5.75 Å². The molecule has 0 radical (unpaired) electrons. The van der Waals surface area contributed by atoms with E-state index in [1.165, 1.54) is 5.57 Å². The van der Waals surface area contributed by atoms with E-state index < -0.39 is 0 Å². The van der Waals surface area contributed by atoms with Gasteiger partial charge in [-0.3, -0.25) is 0 Å². The third-order valence-electron chi connectivity index (χ3n) is 2.51. The van der Waals surface area contributed by atoms with Crippen LogP contribution in [0.4, 0.5) is 0 Å². The molecule has 16 heavy (non-hydrogen) atoms. The highest BCUT2D eigenvalue weighted by Gasteiger charge is 2.03. The van der Waals surface area contributed by atoms with Crippen molar-refractivity contribution in [2.45, 2.75) is 13.8 Å². The minimum Gasteiger partial charge on any atom is -0.496 e. The van der Waals surface area contributed by atoms with Crippen molar-refractivity contribution < 1.29 is 4.74 Å². The van der Waals surface area contributed by atoms with Gasteiger partial charge in [0.2, 0.25) is 0 Å². The number of hydrogen-bond donors (Lipinski definition) is 1. The van der Waals surface area contributed by atoms with Crippen LogP contribution in [0.25, 0.3) is 6.08 Å². The summed E-state index contributed by atoms with van der Waals surface area (Å²) in [7, 11) is 1.66. The number of nitrogens with two attached hydrogens (primary N) is 1. The van der Waals surface area contributed by atoms with Gasteiger partial charge in [-0.1, -0.05) is 31.6 Å². The second kappa shape index (κ2) is 6.06. The van der Waals surface area contributed by atoms with E-state index in [0.29, 0.717) is 12.5 Å². The van der Waals surface area contributed by atoms with Gasteiger partial charge in [-0.2, -0.15) is 0 Å². The van der Waals surface area contributed by atoms with Crippen LogP contribution in [0, 0.1) is 5.92 Å². The molecule has 0 aromatic heterocycles. The Bertz CT molecular complexity index is 386.